The Labute approximate surface area is 98.9 Å². The lowest BCUT2D eigenvalue weighted by molar-refractivity contribution is 0.178. The summed E-state index contributed by atoms with van der Waals surface area (Å²) >= 11 is 2.28. The number of halogens is 1. The van der Waals surface area contributed by atoms with Gasteiger partial charge in [0.05, 0.1) is 6.10 Å². The maximum absolute atomic E-state index is 9.38. The van der Waals surface area contributed by atoms with Crippen molar-refractivity contribution in [2.75, 3.05) is 5.32 Å². The molecule has 0 bridgehead atoms. The average molecular weight is 305 g/mol. The Balaban J connectivity index is 2.80. The molecule has 0 saturated heterocycles. The minimum Gasteiger partial charge on any atom is -0.391 e. The number of rotatable bonds is 3. The SMILES string of the molecule is Cc1ccc(I)cc1NC(C)C(C)O. The average Bonchev–Trinajstić information content (AvgIpc) is 2.11. The van der Waals surface area contributed by atoms with Gasteiger partial charge < -0.3 is 10.4 Å². The molecule has 0 aromatic heterocycles. The Morgan fingerprint density at radius 3 is 2.57 bits per heavy atom. The molecule has 3 heteroatoms. The van der Waals surface area contributed by atoms with Gasteiger partial charge in [-0.3, -0.25) is 0 Å². The van der Waals surface area contributed by atoms with Gasteiger partial charge in [0.1, 0.15) is 0 Å². The zero-order chi connectivity index (χ0) is 10.7. The summed E-state index contributed by atoms with van der Waals surface area (Å²) in [7, 11) is 0. The van der Waals surface area contributed by atoms with E-state index in [1.54, 1.807) is 6.92 Å². The first-order valence-corrected chi connectivity index (χ1v) is 5.79. The third-order valence-corrected chi connectivity index (χ3v) is 2.98. The molecule has 1 rings (SSSR count). The minimum atomic E-state index is -0.340. The molecule has 0 aliphatic rings. The lowest BCUT2D eigenvalue weighted by atomic mass is 10.1. The van der Waals surface area contributed by atoms with Gasteiger partial charge >= 0.3 is 0 Å². The van der Waals surface area contributed by atoms with E-state index in [-0.39, 0.29) is 12.1 Å². The highest BCUT2D eigenvalue weighted by Gasteiger charge is 2.09. The van der Waals surface area contributed by atoms with Crippen LogP contribution in [0.4, 0.5) is 5.69 Å². The maximum Gasteiger partial charge on any atom is 0.0710 e. The lowest BCUT2D eigenvalue weighted by Gasteiger charge is -2.19. The van der Waals surface area contributed by atoms with Crippen molar-refractivity contribution in [3.05, 3.63) is 27.3 Å². The van der Waals surface area contributed by atoms with Crippen molar-refractivity contribution >= 4 is 28.3 Å². The second kappa shape index (κ2) is 4.98. The van der Waals surface area contributed by atoms with Crippen molar-refractivity contribution < 1.29 is 5.11 Å². The molecule has 14 heavy (non-hydrogen) atoms. The predicted molar refractivity (Wildman–Crippen MR) is 68.7 cm³/mol. The molecule has 2 atom stereocenters. The van der Waals surface area contributed by atoms with Gasteiger partial charge in [-0.15, -0.1) is 0 Å². The summed E-state index contributed by atoms with van der Waals surface area (Å²) in [6.07, 6.45) is -0.340. The molecule has 1 aromatic rings. The number of aryl methyl sites for hydroxylation is 1. The molecule has 0 heterocycles. The van der Waals surface area contributed by atoms with Gasteiger partial charge in [-0.05, 0) is 61.1 Å². The highest BCUT2D eigenvalue weighted by Crippen LogP contribution is 2.19. The molecule has 2 N–H and O–H groups in total. The summed E-state index contributed by atoms with van der Waals surface area (Å²) in [5, 5.41) is 12.7. The fraction of sp³-hybridized carbons (Fsp3) is 0.455. The largest absolute Gasteiger partial charge is 0.391 e. The Hall–Kier alpha value is -0.290. The zero-order valence-electron chi connectivity index (χ0n) is 8.71. The molecule has 2 unspecified atom stereocenters. The molecule has 0 aliphatic carbocycles. The molecule has 0 radical (unpaired) electrons. The van der Waals surface area contributed by atoms with Gasteiger partial charge in [-0.25, -0.2) is 0 Å². The minimum absolute atomic E-state index is 0.0758. The van der Waals surface area contributed by atoms with Crippen LogP contribution in [0.2, 0.25) is 0 Å². The van der Waals surface area contributed by atoms with Crippen molar-refractivity contribution in [1.29, 1.82) is 0 Å². The Morgan fingerprint density at radius 2 is 2.00 bits per heavy atom. The topological polar surface area (TPSA) is 32.3 Å². The number of aliphatic hydroxyl groups excluding tert-OH is 1. The first-order valence-electron chi connectivity index (χ1n) is 4.71. The molecule has 0 saturated carbocycles. The van der Waals surface area contributed by atoms with Gasteiger partial charge in [0.15, 0.2) is 0 Å². The molecule has 0 amide bonds. The van der Waals surface area contributed by atoms with Gasteiger partial charge in [0.25, 0.3) is 0 Å². The van der Waals surface area contributed by atoms with E-state index in [4.69, 9.17) is 0 Å². The van der Waals surface area contributed by atoms with E-state index in [1.165, 1.54) is 9.13 Å². The fourth-order valence-electron chi connectivity index (χ4n) is 1.12. The zero-order valence-corrected chi connectivity index (χ0v) is 10.9. The van der Waals surface area contributed by atoms with Crippen molar-refractivity contribution in [2.45, 2.75) is 32.9 Å². The lowest BCUT2D eigenvalue weighted by Crippen LogP contribution is -2.28. The van der Waals surface area contributed by atoms with E-state index < -0.39 is 0 Å². The smallest absolute Gasteiger partial charge is 0.0710 e. The van der Waals surface area contributed by atoms with E-state index in [0.29, 0.717) is 0 Å². The maximum atomic E-state index is 9.38. The number of anilines is 1. The Kier molecular flexibility index (Phi) is 4.19. The summed E-state index contributed by atoms with van der Waals surface area (Å²) < 4.78 is 1.20. The van der Waals surface area contributed by atoms with Crippen molar-refractivity contribution in [3.63, 3.8) is 0 Å². The molecule has 1 aromatic carbocycles. The molecule has 0 aliphatic heterocycles. The number of hydrogen-bond donors (Lipinski definition) is 2. The standard InChI is InChI=1S/C11H16INO/c1-7-4-5-10(12)6-11(7)13-8(2)9(3)14/h4-6,8-9,13-14H,1-3H3. The second-order valence-corrected chi connectivity index (χ2v) is 4.88. The summed E-state index contributed by atoms with van der Waals surface area (Å²) in [6, 6.07) is 6.33. The van der Waals surface area contributed by atoms with Crippen LogP contribution in [-0.4, -0.2) is 17.3 Å². The third-order valence-electron chi connectivity index (χ3n) is 2.31. The van der Waals surface area contributed by atoms with E-state index in [1.807, 2.05) is 6.92 Å². The van der Waals surface area contributed by atoms with Crippen LogP contribution in [0, 0.1) is 10.5 Å². The summed E-state index contributed by atoms with van der Waals surface area (Å²) in [6.45, 7) is 5.83. The van der Waals surface area contributed by atoms with Gasteiger partial charge in [0, 0.05) is 15.3 Å². The fourth-order valence-corrected chi connectivity index (χ4v) is 1.61. The van der Waals surface area contributed by atoms with Gasteiger partial charge in [-0.2, -0.15) is 0 Å². The van der Waals surface area contributed by atoms with Crippen molar-refractivity contribution in [3.8, 4) is 0 Å². The molecular weight excluding hydrogens is 289 g/mol. The van der Waals surface area contributed by atoms with Crippen molar-refractivity contribution in [2.24, 2.45) is 0 Å². The Bertz CT molecular complexity index is 312. The van der Waals surface area contributed by atoms with Crippen molar-refractivity contribution in [1.82, 2.24) is 0 Å². The molecule has 78 valence electrons. The number of aliphatic hydroxyl groups is 1. The molecular formula is C11H16INO. The normalized spacial score (nSPS) is 14.9. The van der Waals surface area contributed by atoms with Crippen LogP contribution in [0.15, 0.2) is 18.2 Å². The van der Waals surface area contributed by atoms with Crippen LogP contribution in [-0.2, 0) is 0 Å². The molecule has 0 fully saturated rings. The van der Waals surface area contributed by atoms with Crippen LogP contribution in [0.5, 0.6) is 0 Å². The number of benzene rings is 1. The summed E-state index contributed by atoms with van der Waals surface area (Å²) in [5.41, 5.74) is 2.31. The number of hydrogen-bond acceptors (Lipinski definition) is 2. The first-order chi connectivity index (χ1) is 6.50. The highest BCUT2D eigenvalue weighted by atomic mass is 127. The number of nitrogens with one attached hydrogen (secondary N) is 1. The molecule has 0 spiro atoms. The van der Waals surface area contributed by atoms with Gasteiger partial charge in [-0.1, -0.05) is 6.07 Å². The highest BCUT2D eigenvalue weighted by molar-refractivity contribution is 14.1. The Morgan fingerprint density at radius 1 is 1.36 bits per heavy atom. The predicted octanol–water partition coefficient (Wildman–Crippen LogP) is 2.78. The first kappa shape index (κ1) is 11.8. The summed E-state index contributed by atoms with van der Waals surface area (Å²) in [5.74, 6) is 0. The second-order valence-electron chi connectivity index (χ2n) is 3.63. The summed E-state index contributed by atoms with van der Waals surface area (Å²) in [4.78, 5) is 0. The quantitative estimate of drug-likeness (QED) is 0.842. The monoisotopic (exact) mass is 305 g/mol. The van der Waals surface area contributed by atoms with E-state index in [0.717, 1.165) is 5.69 Å². The van der Waals surface area contributed by atoms with Crippen LogP contribution in [0.1, 0.15) is 19.4 Å². The van der Waals surface area contributed by atoms with E-state index >= 15 is 0 Å². The third kappa shape index (κ3) is 3.13. The molecule has 2 nitrogen and oxygen atoms in total. The van der Waals surface area contributed by atoms with Crippen LogP contribution < -0.4 is 5.32 Å². The van der Waals surface area contributed by atoms with E-state index in [2.05, 4.69) is 53.0 Å². The van der Waals surface area contributed by atoms with Crippen LogP contribution >= 0.6 is 22.6 Å². The van der Waals surface area contributed by atoms with E-state index in [9.17, 15) is 5.11 Å². The van der Waals surface area contributed by atoms with Crippen LogP contribution in [0.25, 0.3) is 0 Å². The van der Waals surface area contributed by atoms with Crippen LogP contribution in [0.3, 0.4) is 0 Å². The van der Waals surface area contributed by atoms with Gasteiger partial charge in [0.2, 0.25) is 0 Å².